The van der Waals surface area contributed by atoms with Crippen LogP contribution in [-0.4, -0.2) is 29.2 Å². The van der Waals surface area contributed by atoms with Crippen LogP contribution in [-0.2, 0) is 0 Å². The first-order valence-electron chi connectivity index (χ1n) is 2.60. The summed E-state index contributed by atoms with van der Waals surface area (Å²) in [7, 11) is 5.35. The van der Waals surface area contributed by atoms with Crippen LogP contribution in [0.5, 0.6) is 0 Å². The van der Waals surface area contributed by atoms with Gasteiger partial charge in [-0.2, -0.15) is 0 Å². The van der Waals surface area contributed by atoms with E-state index in [0.717, 1.165) is 0 Å². The molecule has 0 aromatic carbocycles. The van der Waals surface area contributed by atoms with E-state index in [9.17, 15) is 0 Å². The van der Waals surface area contributed by atoms with E-state index in [1.807, 2.05) is 14.1 Å². The number of rotatable bonds is 2. The van der Waals surface area contributed by atoms with E-state index < -0.39 is 0 Å². The minimum absolute atomic E-state index is 1.26. The van der Waals surface area contributed by atoms with E-state index in [1.54, 1.807) is 0 Å². The summed E-state index contributed by atoms with van der Waals surface area (Å²) < 4.78 is 0. The van der Waals surface area contributed by atoms with Crippen LogP contribution >= 0.6 is 0 Å². The second kappa shape index (κ2) is 3.93. The molecule has 0 heterocycles. The maximum absolute atomic E-state index is 2.19. The van der Waals surface area contributed by atoms with Crippen molar-refractivity contribution in [3.8, 4) is 0 Å². The molecule has 2 heteroatoms. The fourth-order valence-corrected chi connectivity index (χ4v) is 0.527. The summed E-state index contributed by atoms with van der Waals surface area (Å²) in [5.41, 5.74) is 0. The van der Waals surface area contributed by atoms with E-state index >= 15 is 0 Å². The highest BCUT2D eigenvalue weighted by molar-refractivity contribution is 6.09. The van der Waals surface area contributed by atoms with Gasteiger partial charge in [-0.15, -0.1) is 0 Å². The topological polar surface area (TPSA) is 3.24 Å². The minimum atomic E-state index is 1.26. The van der Waals surface area contributed by atoms with E-state index in [0.29, 0.717) is 0 Å². The Bertz CT molecular complexity index is 59.1. The smallest absolute Gasteiger partial charge is 0.00763 e. The Balaban J connectivity index is 3.08. The molecule has 0 fully saturated rings. The lowest BCUT2D eigenvalue weighted by Crippen LogP contribution is -1.99. The molecular weight excluding hydrogens is 102 g/mol. The van der Waals surface area contributed by atoms with Gasteiger partial charge >= 0.3 is 0 Å². The summed E-state index contributed by atoms with van der Waals surface area (Å²) in [5, 5.41) is 0. The maximum Gasteiger partial charge on any atom is 0.00763 e. The van der Waals surface area contributed by atoms with Crippen molar-refractivity contribution in [3.63, 3.8) is 0 Å². The SMILES string of the molecule is CN(C)C=CC[SiH3]. The molecule has 0 N–H and O–H groups in total. The highest BCUT2D eigenvalue weighted by atomic mass is 28.1. The monoisotopic (exact) mass is 115 g/mol. The van der Waals surface area contributed by atoms with Crippen molar-refractivity contribution in [2.24, 2.45) is 0 Å². The Morgan fingerprint density at radius 3 is 2.29 bits per heavy atom. The summed E-state index contributed by atoms with van der Waals surface area (Å²) >= 11 is 0. The lowest BCUT2D eigenvalue weighted by atomic mass is 10.6. The molecule has 0 saturated heterocycles. The molecule has 0 saturated carbocycles. The van der Waals surface area contributed by atoms with Gasteiger partial charge in [0.25, 0.3) is 0 Å². The predicted octanol–water partition coefficient (Wildman–Crippen LogP) is -0.155. The van der Waals surface area contributed by atoms with Crippen molar-refractivity contribution in [1.29, 1.82) is 0 Å². The van der Waals surface area contributed by atoms with Crippen LogP contribution in [0.4, 0.5) is 0 Å². The molecule has 0 bridgehead atoms. The molecule has 0 aromatic rings. The normalized spacial score (nSPS) is 10.6. The zero-order chi connectivity index (χ0) is 5.70. The lowest BCUT2D eigenvalue weighted by Gasteiger charge is -2.00. The largest absolute Gasteiger partial charge is 0.384 e. The zero-order valence-corrected chi connectivity index (χ0v) is 7.31. The van der Waals surface area contributed by atoms with Crippen LogP contribution in [0.3, 0.4) is 0 Å². The van der Waals surface area contributed by atoms with E-state index in [-0.39, 0.29) is 0 Å². The molecular formula is C5H13NSi. The second-order valence-corrected chi connectivity index (χ2v) is 2.57. The Morgan fingerprint density at radius 1 is 1.57 bits per heavy atom. The van der Waals surface area contributed by atoms with Gasteiger partial charge in [0, 0.05) is 24.3 Å². The molecule has 0 radical (unpaired) electrons. The van der Waals surface area contributed by atoms with Gasteiger partial charge in [-0.25, -0.2) is 0 Å². The van der Waals surface area contributed by atoms with Crippen LogP contribution in [0, 0.1) is 0 Å². The van der Waals surface area contributed by atoms with Gasteiger partial charge in [0.05, 0.1) is 0 Å². The quantitative estimate of drug-likeness (QED) is 0.452. The molecule has 0 spiro atoms. The third kappa shape index (κ3) is 5.76. The van der Waals surface area contributed by atoms with Gasteiger partial charge in [0.2, 0.25) is 0 Å². The highest BCUT2D eigenvalue weighted by Gasteiger charge is 1.69. The fraction of sp³-hybridized carbons (Fsp3) is 0.600. The second-order valence-electron chi connectivity index (χ2n) is 1.76. The molecule has 0 atom stereocenters. The van der Waals surface area contributed by atoms with Gasteiger partial charge in [-0.3, -0.25) is 0 Å². The van der Waals surface area contributed by atoms with Gasteiger partial charge in [-0.05, 0) is 12.2 Å². The summed E-state index contributed by atoms with van der Waals surface area (Å²) in [6.45, 7) is 0. The van der Waals surface area contributed by atoms with Gasteiger partial charge < -0.3 is 4.90 Å². The third-order valence-corrected chi connectivity index (χ3v) is 1.11. The molecule has 0 aliphatic heterocycles. The van der Waals surface area contributed by atoms with Crippen molar-refractivity contribution in [2.45, 2.75) is 6.04 Å². The van der Waals surface area contributed by atoms with Crippen LogP contribution in [0.15, 0.2) is 12.3 Å². The third-order valence-electron chi connectivity index (χ3n) is 0.639. The summed E-state index contributed by atoms with van der Waals surface area (Å²) in [5.74, 6) is 0. The molecule has 0 rings (SSSR count). The van der Waals surface area contributed by atoms with Crippen molar-refractivity contribution in [2.75, 3.05) is 14.1 Å². The Labute approximate surface area is 48.4 Å². The standard InChI is InChI=1S/C5H13NSi/c1-6(2)4-3-5-7/h3-4H,5H2,1-2,7H3. The first kappa shape index (κ1) is 6.76. The minimum Gasteiger partial charge on any atom is -0.384 e. The molecule has 0 amide bonds. The molecule has 42 valence electrons. The fourth-order valence-electron chi connectivity index (χ4n) is 0.316. The van der Waals surface area contributed by atoms with Crippen LogP contribution < -0.4 is 0 Å². The van der Waals surface area contributed by atoms with Crippen molar-refractivity contribution in [3.05, 3.63) is 12.3 Å². The first-order chi connectivity index (χ1) is 3.27. The van der Waals surface area contributed by atoms with Crippen molar-refractivity contribution in [1.82, 2.24) is 4.90 Å². The maximum atomic E-state index is 2.19. The molecule has 7 heavy (non-hydrogen) atoms. The first-order valence-corrected chi connectivity index (χ1v) is 4.02. The number of hydrogen-bond acceptors (Lipinski definition) is 1. The Morgan fingerprint density at radius 2 is 2.14 bits per heavy atom. The molecule has 0 aliphatic carbocycles. The van der Waals surface area contributed by atoms with Gasteiger partial charge in [0.15, 0.2) is 0 Å². The molecule has 0 unspecified atom stereocenters. The van der Waals surface area contributed by atoms with Crippen LogP contribution in [0.25, 0.3) is 0 Å². The van der Waals surface area contributed by atoms with Crippen LogP contribution in [0.2, 0.25) is 6.04 Å². The number of hydrogen-bond donors (Lipinski definition) is 0. The van der Waals surface area contributed by atoms with Gasteiger partial charge in [0.1, 0.15) is 0 Å². The highest BCUT2D eigenvalue weighted by Crippen LogP contribution is 1.78. The Hall–Kier alpha value is -0.243. The molecule has 0 aromatic heterocycles. The van der Waals surface area contributed by atoms with Gasteiger partial charge in [-0.1, -0.05) is 6.08 Å². The lowest BCUT2D eigenvalue weighted by molar-refractivity contribution is 0.563. The summed E-state index contributed by atoms with van der Waals surface area (Å²) in [6.07, 6.45) is 4.28. The molecule has 0 aliphatic rings. The van der Waals surface area contributed by atoms with Crippen molar-refractivity contribution >= 4 is 10.2 Å². The zero-order valence-electron chi connectivity index (χ0n) is 5.31. The average Bonchev–Trinajstić information content (AvgIpc) is 1.61. The number of nitrogens with zero attached hydrogens (tertiary/aromatic N) is 1. The number of allylic oxidation sites excluding steroid dienone is 1. The average molecular weight is 115 g/mol. The van der Waals surface area contributed by atoms with E-state index in [1.165, 1.54) is 16.3 Å². The predicted molar refractivity (Wildman–Crippen MR) is 37.6 cm³/mol. The summed E-state index contributed by atoms with van der Waals surface area (Å²) in [4.78, 5) is 2.05. The van der Waals surface area contributed by atoms with E-state index in [2.05, 4.69) is 17.2 Å². The summed E-state index contributed by atoms with van der Waals surface area (Å²) in [6, 6.07) is 1.26. The van der Waals surface area contributed by atoms with Crippen LogP contribution in [0.1, 0.15) is 0 Å². The Kier molecular flexibility index (Phi) is 3.79. The molecule has 1 nitrogen and oxygen atoms in total. The van der Waals surface area contributed by atoms with E-state index in [4.69, 9.17) is 0 Å². The van der Waals surface area contributed by atoms with Crippen molar-refractivity contribution < 1.29 is 0 Å².